The zero-order chi connectivity index (χ0) is 19.8. The molecule has 2 aromatic carbocycles. The van der Waals surface area contributed by atoms with Crippen LogP contribution in [0.3, 0.4) is 0 Å². The highest BCUT2D eigenvalue weighted by Crippen LogP contribution is 2.39. The first-order valence-corrected chi connectivity index (χ1v) is 9.07. The van der Waals surface area contributed by atoms with E-state index in [0.717, 1.165) is 4.90 Å². The van der Waals surface area contributed by atoms with Gasteiger partial charge in [0, 0.05) is 5.69 Å². The van der Waals surface area contributed by atoms with Crippen LogP contribution in [0.4, 0.5) is 11.4 Å². The van der Waals surface area contributed by atoms with Crippen LogP contribution in [0, 0.1) is 0 Å². The van der Waals surface area contributed by atoms with Gasteiger partial charge in [-0.2, -0.15) is 5.11 Å². The van der Waals surface area contributed by atoms with Gasteiger partial charge in [0.15, 0.2) is 12.1 Å². The van der Waals surface area contributed by atoms with E-state index >= 15 is 0 Å². The largest absolute Gasteiger partial charge is 0.324 e. The summed E-state index contributed by atoms with van der Waals surface area (Å²) in [6, 6.07) is 11.5. The Hall–Kier alpha value is -2.97. The fraction of sp³-hybridized carbons (Fsp3) is 0.167. The fourth-order valence-electron chi connectivity index (χ4n) is 3.15. The van der Waals surface area contributed by atoms with E-state index in [1.54, 1.807) is 30.3 Å². The molecular formula is C18H13Cl2N5O3. The first-order chi connectivity index (χ1) is 13.5. The van der Waals surface area contributed by atoms with Gasteiger partial charge in [-0.15, -0.1) is 0 Å². The van der Waals surface area contributed by atoms with Crippen molar-refractivity contribution in [3.8, 4) is 0 Å². The van der Waals surface area contributed by atoms with Crippen LogP contribution in [0.5, 0.6) is 0 Å². The van der Waals surface area contributed by atoms with Crippen LogP contribution in [0.25, 0.3) is 0 Å². The van der Waals surface area contributed by atoms with Gasteiger partial charge in [0.2, 0.25) is 5.91 Å². The molecular weight excluding hydrogens is 405 g/mol. The average Bonchev–Trinajstić information content (AvgIpc) is 3.17. The first-order valence-electron chi connectivity index (χ1n) is 8.31. The number of carbonyl (C=O) groups is 3. The second kappa shape index (κ2) is 7.21. The Labute approximate surface area is 169 Å². The molecule has 0 aliphatic carbocycles. The molecule has 28 heavy (non-hydrogen) atoms. The smallest absolute Gasteiger partial charge is 0.263 e. The van der Waals surface area contributed by atoms with Crippen LogP contribution >= 0.6 is 23.2 Å². The van der Waals surface area contributed by atoms with Gasteiger partial charge in [-0.25, -0.2) is 4.90 Å². The molecule has 10 heteroatoms. The van der Waals surface area contributed by atoms with Crippen molar-refractivity contribution >= 4 is 52.3 Å². The van der Waals surface area contributed by atoms with Crippen LogP contribution in [0.2, 0.25) is 10.0 Å². The molecule has 0 bridgehead atoms. The Morgan fingerprint density at radius 3 is 2.36 bits per heavy atom. The zero-order valence-electron chi connectivity index (χ0n) is 14.3. The van der Waals surface area contributed by atoms with Gasteiger partial charge in [0.1, 0.15) is 6.54 Å². The Morgan fingerprint density at radius 2 is 1.68 bits per heavy atom. The molecule has 1 fully saturated rings. The normalized spacial score (nSPS) is 20.6. The maximum absolute atomic E-state index is 12.9. The third-order valence-electron chi connectivity index (χ3n) is 4.38. The van der Waals surface area contributed by atoms with Crippen molar-refractivity contribution in [2.45, 2.75) is 12.1 Å². The predicted molar refractivity (Wildman–Crippen MR) is 103 cm³/mol. The number of halogens is 2. The number of benzene rings is 2. The van der Waals surface area contributed by atoms with Gasteiger partial charge in [-0.3, -0.25) is 19.4 Å². The zero-order valence-corrected chi connectivity index (χ0v) is 15.8. The predicted octanol–water partition coefficient (Wildman–Crippen LogP) is 2.93. The van der Waals surface area contributed by atoms with E-state index in [1.807, 2.05) is 6.07 Å². The van der Waals surface area contributed by atoms with Crippen molar-refractivity contribution in [3.05, 3.63) is 58.6 Å². The van der Waals surface area contributed by atoms with Gasteiger partial charge in [-0.1, -0.05) is 52.7 Å². The van der Waals surface area contributed by atoms with E-state index in [9.17, 15) is 14.4 Å². The summed E-state index contributed by atoms with van der Waals surface area (Å²) in [7, 11) is 0. The van der Waals surface area contributed by atoms with Crippen molar-refractivity contribution in [1.82, 2.24) is 5.01 Å². The van der Waals surface area contributed by atoms with E-state index in [1.165, 1.54) is 17.1 Å². The number of nitrogens with one attached hydrogen (secondary N) is 1. The van der Waals surface area contributed by atoms with E-state index in [0.29, 0.717) is 5.69 Å². The number of fused-ring (bicyclic) bond motifs is 1. The Morgan fingerprint density at radius 1 is 1.00 bits per heavy atom. The van der Waals surface area contributed by atoms with Crippen LogP contribution in [0.15, 0.2) is 58.9 Å². The minimum atomic E-state index is -1.04. The van der Waals surface area contributed by atoms with Crippen molar-refractivity contribution in [1.29, 1.82) is 0 Å². The number of nitrogens with zero attached hydrogens (tertiary/aromatic N) is 4. The number of rotatable bonds is 4. The Kier molecular flexibility index (Phi) is 4.74. The number of amides is 3. The summed E-state index contributed by atoms with van der Waals surface area (Å²) in [5, 5.41) is 12.0. The molecule has 0 unspecified atom stereocenters. The van der Waals surface area contributed by atoms with Crippen molar-refractivity contribution in [2.24, 2.45) is 10.3 Å². The number of carbonyl (C=O) groups excluding carboxylic acids is 3. The topological polar surface area (TPSA) is 94.4 Å². The summed E-state index contributed by atoms with van der Waals surface area (Å²) in [5.41, 5.74) is 0.720. The Bertz CT molecular complexity index is 978. The molecule has 4 rings (SSSR count). The highest BCUT2D eigenvalue weighted by molar-refractivity contribution is 6.42. The third kappa shape index (κ3) is 3.10. The maximum atomic E-state index is 12.9. The number of hydrogen-bond acceptors (Lipinski definition) is 6. The minimum absolute atomic E-state index is 0.110. The molecule has 0 saturated carbocycles. The second-order valence-electron chi connectivity index (χ2n) is 6.19. The number of imide groups is 1. The second-order valence-corrected chi connectivity index (χ2v) is 7.00. The molecule has 0 aromatic heterocycles. The first kappa shape index (κ1) is 18.4. The molecule has 8 nitrogen and oxygen atoms in total. The van der Waals surface area contributed by atoms with Gasteiger partial charge in [0.25, 0.3) is 11.8 Å². The van der Waals surface area contributed by atoms with Crippen molar-refractivity contribution < 1.29 is 14.4 Å². The van der Waals surface area contributed by atoms with Gasteiger partial charge < -0.3 is 5.32 Å². The molecule has 2 atom stereocenters. The molecule has 1 N–H and O–H groups in total. The van der Waals surface area contributed by atoms with Crippen molar-refractivity contribution in [3.63, 3.8) is 0 Å². The number of anilines is 2. The third-order valence-corrected chi connectivity index (χ3v) is 4.99. The highest BCUT2D eigenvalue weighted by Gasteiger charge is 2.55. The van der Waals surface area contributed by atoms with Gasteiger partial charge in [0.05, 0.1) is 15.7 Å². The van der Waals surface area contributed by atoms with Crippen LogP contribution in [0.1, 0.15) is 0 Å². The van der Waals surface area contributed by atoms with E-state index in [-0.39, 0.29) is 28.2 Å². The highest BCUT2D eigenvalue weighted by atomic mass is 35.5. The molecule has 2 heterocycles. The summed E-state index contributed by atoms with van der Waals surface area (Å²) in [6.45, 7) is -0.233. The molecule has 3 amide bonds. The molecule has 0 spiro atoms. The fourth-order valence-corrected chi connectivity index (χ4v) is 3.71. The molecule has 2 aliphatic rings. The lowest BCUT2D eigenvalue weighted by Gasteiger charge is -2.21. The number of para-hydroxylation sites is 2. The monoisotopic (exact) mass is 417 g/mol. The van der Waals surface area contributed by atoms with Gasteiger partial charge in [-0.05, 0) is 24.3 Å². The molecule has 2 aliphatic heterocycles. The lowest BCUT2D eigenvalue weighted by atomic mass is 10.1. The summed E-state index contributed by atoms with van der Waals surface area (Å²) in [6.07, 6.45) is 0. The summed E-state index contributed by atoms with van der Waals surface area (Å²) >= 11 is 12.3. The SMILES string of the molecule is O=C(CN1N=N[C@@H]2C(=O)N(c3c(Cl)cccc3Cl)C(=O)[C@@H]21)Nc1ccccc1. The lowest BCUT2D eigenvalue weighted by Crippen LogP contribution is -2.43. The molecule has 1 saturated heterocycles. The summed E-state index contributed by atoms with van der Waals surface area (Å²) < 4.78 is 0. The van der Waals surface area contributed by atoms with Crippen molar-refractivity contribution in [2.75, 3.05) is 16.8 Å². The van der Waals surface area contributed by atoms with Crippen LogP contribution < -0.4 is 10.2 Å². The van der Waals surface area contributed by atoms with Crippen LogP contribution in [-0.4, -0.2) is 41.4 Å². The van der Waals surface area contributed by atoms with E-state index in [4.69, 9.17) is 23.2 Å². The number of hydrogen-bond donors (Lipinski definition) is 1. The van der Waals surface area contributed by atoms with Crippen LogP contribution in [-0.2, 0) is 14.4 Å². The Balaban J connectivity index is 1.54. The maximum Gasteiger partial charge on any atom is 0.263 e. The van der Waals surface area contributed by atoms with E-state index < -0.39 is 23.9 Å². The lowest BCUT2D eigenvalue weighted by molar-refractivity contribution is -0.123. The quantitative estimate of drug-likeness (QED) is 0.773. The molecule has 0 radical (unpaired) electrons. The average molecular weight is 418 g/mol. The standard InChI is InChI=1S/C18H13Cl2N5O3/c19-11-7-4-8-12(20)15(11)25-17(27)14-16(18(25)28)24(23-22-14)9-13(26)21-10-5-2-1-3-6-10/h1-8,14,16H,9H2,(H,21,26)/t14-,16+/m0/s1. The summed E-state index contributed by atoms with van der Waals surface area (Å²) in [5.74, 6) is -1.55. The molecule has 142 valence electrons. The minimum Gasteiger partial charge on any atom is -0.324 e. The van der Waals surface area contributed by atoms with Gasteiger partial charge >= 0.3 is 0 Å². The molecule has 2 aromatic rings. The summed E-state index contributed by atoms with van der Waals surface area (Å²) in [4.78, 5) is 38.9. The van der Waals surface area contributed by atoms with E-state index in [2.05, 4.69) is 15.7 Å².